The number of anilines is 1. The van der Waals surface area contributed by atoms with Crippen LogP contribution in [-0.4, -0.2) is 40.4 Å². The van der Waals surface area contributed by atoms with E-state index in [-0.39, 0.29) is 63.8 Å². The van der Waals surface area contributed by atoms with E-state index in [0.717, 1.165) is 0 Å². The van der Waals surface area contributed by atoms with Crippen LogP contribution in [0.3, 0.4) is 0 Å². The summed E-state index contributed by atoms with van der Waals surface area (Å²) in [5.41, 5.74) is 0.563. The molecule has 3 aromatic rings. The minimum Gasteiger partial charge on any atom is -0.548 e. The number of nitrogens with zero attached hydrogens (tertiary/aromatic N) is 1. The summed E-state index contributed by atoms with van der Waals surface area (Å²) in [5, 5.41) is 23.4. The second kappa shape index (κ2) is 12.4. The number of H-pyrrole nitrogens is 1. The Morgan fingerprint density at radius 2 is 1.60 bits per heavy atom. The molecule has 0 bridgehead atoms. The fraction of sp³-hybridized carbons (Fsp3) is 0.0952. The van der Waals surface area contributed by atoms with Crippen LogP contribution in [0.2, 0.25) is 5.02 Å². The Hall–Kier alpha value is -3.32. The molecular weight excluding hydrogens is 499 g/mol. The quantitative estimate of drug-likeness (QED) is 0.202. The molecule has 0 aliphatic heterocycles. The number of aliphatic carboxylic acids is 1. The smallest absolute Gasteiger partial charge is 0.548 e. The largest absolute Gasteiger partial charge is 1.00 e. The number of hydrogen-bond donors (Lipinski definition) is 4. The van der Waals surface area contributed by atoms with Crippen LogP contribution >= 0.6 is 11.6 Å². The molecule has 176 valence electrons. The molecule has 3 rings (SSSR count). The van der Waals surface area contributed by atoms with Crippen LogP contribution in [0.15, 0.2) is 42.5 Å². The molecule has 0 saturated carbocycles. The summed E-state index contributed by atoms with van der Waals surface area (Å²) in [5.74, 6) is -5.92. The maximum Gasteiger partial charge on any atom is 1.00 e. The van der Waals surface area contributed by atoms with Gasteiger partial charge in [0.2, 0.25) is 0 Å². The summed E-state index contributed by atoms with van der Waals surface area (Å²) in [6, 6.07) is 8.59. The molecule has 35 heavy (non-hydrogen) atoms. The number of aromatic amines is 1. The first kappa shape index (κ1) is 27.9. The molecule has 14 heteroatoms. The molecule has 1 aromatic heterocycles. The number of carbonyl (C=O) groups excluding carboxylic acids is 4. The zero-order valence-corrected chi connectivity index (χ0v) is 20.8. The van der Waals surface area contributed by atoms with Gasteiger partial charge in [0.1, 0.15) is 5.69 Å². The summed E-state index contributed by atoms with van der Waals surface area (Å²) in [7, 11) is 0. The van der Waals surface area contributed by atoms with Gasteiger partial charge in [0.15, 0.2) is 17.5 Å². The molecular formula is C21H15ClF2N5NaO5. The number of rotatable bonds is 8. The first-order chi connectivity index (χ1) is 16.1. The first-order valence-electron chi connectivity index (χ1n) is 9.50. The van der Waals surface area contributed by atoms with Crippen LogP contribution in [-0.2, 0) is 11.3 Å². The van der Waals surface area contributed by atoms with Crippen molar-refractivity contribution in [1.82, 2.24) is 20.8 Å². The summed E-state index contributed by atoms with van der Waals surface area (Å²) < 4.78 is 26.5. The monoisotopic (exact) mass is 513 g/mol. The number of hydrogen-bond acceptors (Lipinski definition) is 6. The average molecular weight is 514 g/mol. The van der Waals surface area contributed by atoms with E-state index in [9.17, 15) is 33.1 Å². The van der Waals surface area contributed by atoms with Crippen molar-refractivity contribution in [2.75, 3.05) is 11.9 Å². The van der Waals surface area contributed by atoms with E-state index < -0.39 is 41.9 Å². The van der Waals surface area contributed by atoms with Crippen molar-refractivity contribution >= 4 is 41.1 Å². The third-order valence-corrected chi connectivity index (χ3v) is 4.69. The number of carboxylic acid groups (broad SMARTS) is 1. The standard InChI is InChI=1S/C21H16ClF2N5O5.Na/c22-13-6-15(24)14(23)5-12(13)20(33)27-17-7-16(28-29-17)21(34)25-8-10-1-3-11(4-2-10)19(32)26-9-18(30)31;/h1-7H,8-9H2,(H,25,34)(H,26,32)(H,30,31)(H2,27,28,29,33);/q;+1/p-1. The van der Waals surface area contributed by atoms with E-state index in [2.05, 4.69) is 26.1 Å². The van der Waals surface area contributed by atoms with E-state index in [4.69, 9.17) is 11.6 Å². The average Bonchev–Trinajstić information content (AvgIpc) is 3.27. The van der Waals surface area contributed by atoms with Gasteiger partial charge < -0.3 is 25.9 Å². The van der Waals surface area contributed by atoms with Crippen LogP contribution in [0.25, 0.3) is 0 Å². The van der Waals surface area contributed by atoms with Crippen LogP contribution < -0.4 is 50.6 Å². The maximum atomic E-state index is 13.4. The van der Waals surface area contributed by atoms with Gasteiger partial charge in [-0.05, 0) is 29.8 Å². The molecule has 1 heterocycles. The van der Waals surface area contributed by atoms with Crippen LogP contribution in [0, 0.1) is 11.6 Å². The van der Waals surface area contributed by atoms with Gasteiger partial charge in [-0.1, -0.05) is 23.7 Å². The SMILES string of the molecule is O=C([O-])CNC(=O)c1ccc(CNC(=O)c2cc(NC(=O)c3cc(F)c(F)cc3Cl)n[nH]2)cc1.[Na+]. The molecule has 3 amide bonds. The fourth-order valence-corrected chi connectivity index (χ4v) is 2.92. The predicted octanol–water partition coefficient (Wildman–Crippen LogP) is -1.99. The van der Waals surface area contributed by atoms with E-state index in [1.165, 1.54) is 18.2 Å². The van der Waals surface area contributed by atoms with Gasteiger partial charge in [-0.25, -0.2) is 8.78 Å². The molecule has 0 fully saturated rings. The van der Waals surface area contributed by atoms with E-state index in [1.54, 1.807) is 12.1 Å². The molecule has 2 aromatic carbocycles. The number of carbonyl (C=O) groups is 4. The van der Waals surface area contributed by atoms with Crippen molar-refractivity contribution in [2.24, 2.45) is 0 Å². The fourth-order valence-electron chi connectivity index (χ4n) is 2.69. The molecule has 0 atom stereocenters. The van der Waals surface area contributed by atoms with Crippen molar-refractivity contribution in [3.05, 3.63) is 81.5 Å². The van der Waals surface area contributed by atoms with Gasteiger partial charge >= 0.3 is 29.6 Å². The molecule has 4 N–H and O–H groups in total. The zero-order chi connectivity index (χ0) is 24.8. The van der Waals surface area contributed by atoms with Gasteiger partial charge in [-0.2, -0.15) is 5.10 Å². The Morgan fingerprint density at radius 3 is 2.26 bits per heavy atom. The summed E-state index contributed by atoms with van der Waals surface area (Å²) in [6.45, 7) is -0.526. The topological polar surface area (TPSA) is 156 Å². The van der Waals surface area contributed by atoms with Gasteiger partial charge in [0, 0.05) is 18.2 Å². The molecule has 10 nitrogen and oxygen atoms in total. The Labute approximate surface area is 223 Å². The van der Waals surface area contributed by atoms with E-state index in [1.807, 2.05) is 0 Å². The van der Waals surface area contributed by atoms with Crippen molar-refractivity contribution in [1.29, 1.82) is 0 Å². The molecule has 0 aliphatic rings. The van der Waals surface area contributed by atoms with Crippen LogP contribution in [0.5, 0.6) is 0 Å². The minimum absolute atomic E-state index is 0. The van der Waals surface area contributed by atoms with Crippen molar-refractivity contribution in [3.63, 3.8) is 0 Å². The Bertz CT molecular complexity index is 1270. The summed E-state index contributed by atoms with van der Waals surface area (Å²) >= 11 is 5.76. The van der Waals surface area contributed by atoms with Gasteiger partial charge in [0.05, 0.1) is 23.1 Å². The van der Waals surface area contributed by atoms with Crippen LogP contribution in [0.1, 0.15) is 36.8 Å². The molecule has 0 saturated heterocycles. The Kier molecular flexibility index (Phi) is 9.89. The van der Waals surface area contributed by atoms with Crippen molar-refractivity contribution in [3.8, 4) is 0 Å². The first-order valence-corrected chi connectivity index (χ1v) is 9.88. The molecule has 0 radical (unpaired) electrons. The third kappa shape index (κ3) is 7.59. The summed E-state index contributed by atoms with van der Waals surface area (Å²) in [6.07, 6.45) is 0. The number of amides is 3. The van der Waals surface area contributed by atoms with E-state index in [0.29, 0.717) is 17.7 Å². The van der Waals surface area contributed by atoms with E-state index >= 15 is 0 Å². The number of halogens is 3. The van der Waals surface area contributed by atoms with Gasteiger partial charge in [-0.3, -0.25) is 19.5 Å². The molecule has 0 aliphatic carbocycles. The van der Waals surface area contributed by atoms with Crippen LogP contribution in [0.4, 0.5) is 14.6 Å². The normalized spacial score (nSPS) is 10.1. The van der Waals surface area contributed by atoms with Gasteiger partial charge in [0.25, 0.3) is 17.7 Å². The number of carboxylic acids is 1. The minimum atomic E-state index is -1.41. The second-order valence-corrected chi connectivity index (χ2v) is 7.21. The van der Waals surface area contributed by atoms with Gasteiger partial charge in [-0.15, -0.1) is 0 Å². The summed E-state index contributed by atoms with van der Waals surface area (Å²) in [4.78, 5) is 46.7. The second-order valence-electron chi connectivity index (χ2n) is 6.80. The molecule has 0 unspecified atom stereocenters. The van der Waals surface area contributed by atoms with Crippen molar-refractivity contribution in [2.45, 2.75) is 6.54 Å². The third-order valence-electron chi connectivity index (χ3n) is 4.38. The Balaban J connectivity index is 0.00000432. The maximum absolute atomic E-state index is 13.4. The number of benzene rings is 2. The number of nitrogens with one attached hydrogen (secondary N) is 4. The zero-order valence-electron chi connectivity index (χ0n) is 18.1. The molecule has 0 spiro atoms. The number of aromatic nitrogens is 2. The van der Waals surface area contributed by atoms with Crippen molar-refractivity contribution < 1.29 is 62.6 Å². The predicted molar refractivity (Wildman–Crippen MR) is 113 cm³/mol. The Morgan fingerprint density at radius 1 is 0.943 bits per heavy atom.